The summed E-state index contributed by atoms with van der Waals surface area (Å²) in [5, 5.41) is 0. The molecule has 2 heterocycles. The van der Waals surface area contributed by atoms with Crippen LogP contribution in [0.1, 0.15) is 28.9 Å². The van der Waals surface area contributed by atoms with Crippen molar-refractivity contribution in [3.05, 3.63) is 35.5 Å². The molecule has 100 valence electrons. The number of aromatic nitrogens is 3. The van der Waals surface area contributed by atoms with Gasteiger partial charge in [-0.1, -0.05) is 6.92 Å². The van der Waals surface area contributed by atoms with Crippen LogP contribution in [0.25, 0.3) is 5.69 Å². The molecular weight excluding hydrogens is 244 g/mol. The number of rotatable bonds is 3. The molecule has 2 N–H and O–H groups in total. The van der Waals surface area contributed by atoms with Gasteiger partial charge < -0.3 is 10.5 Å². The van der Waals surface area contributed by atoms with Crippen LogP contribution < -0.4 is 5.73 Å². The van der Waals surface area contributed by atoms with Crippen molar-refractivity contribution in [2.75, 3.05) is 12.8 Å². The van der Waals surface area contributed by atoms with Gasteiger partial charge in [-0.25, -0.2) is 9.78 Å². The number of imidazole rings is 1. The van der Waals surface area contributed by atoms with E-state index in [2.05, 4.69) is 14.7 Å². The minimum absolute atomic E-state index is 0.139. The maximum absolute atomic E-state index is 11.6. The molecule has 0 atom stereocenters. The Morgan fingerprint density at radius 2 is 2.21 bits per heavy atom. The first-order chi connectivity index (χ1) is 9.08. The van der Waals surface area contributed by atoms with Crippen LogP contribution in [0.5, 0.6) is 0 Å². The molecule has 0 aliphatic rings. The highest BCUT2D eigenvalue weighted by atomic mass is 16.5. The minimum atomic E-state index is -0.536. The fraction of sp³-hybridized carbons (Fsp3) is 0.308. The first-order valence-corrected chi connectivity index (χ1v) is 5.97. The van der Waals surface area contributed by atoms with E-state index < -0.39 is 5.97 Å². The number of nitrogen functional groups attached to an aromatic ring is 1. The molecule has 0 bridgehead atoms. The van der Waals surface area contributed by atoms with Gasteiger partial charge in [0, 0.05) is 12.1 Å². The molecule has 0 aliphatic heterocycles. The Morgan fingerprint density at radius 1 is 1.47 bits per heavy atom. The summed E-state index contributed by atoms with van der Waals surface area (Å²) in [6.07, 6.45) is 2.35. The highest BCUT2D eigenvalue weighted by Crippen LogP contribution is 2.21. The number of hydrogen-bond donors (Lipinski definition) is 1. The number of ether oxygens (including phenoxy) is 1. The van der Waals surface area contributed by atoms with Gasteiger partial charge in [0.25, 0.3) is 0 Å². The van der Waals surface area contributed by atoms with Crippen molar-refractivity contribution in [3.63, 3.8) is 0 Å². The molecule has 2 aromatic heterocycles. The molecule has 2 aromatic rings. The summed E-state index contributed by atoms with van der Waals surface area (Å²) in [6, 6.07) is 3.77. The third-order valence-corrected chi connectivity index (χ3v) is 2.83. The number of hydrogen-bond acceptors (Lipinski definition) is 5. The molecule has 19 heavy (non-hydrogen) atoms. The van der Waals surface area contributed by atoms with E-state index in [1.165, 1.54) is 7.11 Å². The summed E-state index contributed by atoms with van der Waals surface area (Å²) in [4.78, 5) is 20.1. The number of aryl methyl sites for hydroxylation is 2. The van der Waals surface area contributed by atoms with E-state index in [0.717, 1.165) is 11.4 Å². The lowest BCUT2D eigenvalue weighted by Gasteiger charge is -2.08. The highest BCUT2D eigenvalue weighted by Gasteiger charge is 2.21. The van der Waals surface area contributed by atoms with Crippen molar-refractivity contribution in [2.45, 2.75) is 20.3 Å². The molecule has 0 saturated heterocycles. The van der Waals surface area contributed by atoms with Gasteiger partial charge >= 0.3 is 5.97 Å². The second-order valence-corrected chi connectivity index (χ2v) is 4.10. The Hall–Kier alpha value is -2.37. The zero-order valence-electron chi connectivity index (χ0n) is 11.2. The molecule has 0 aromatic carbocycles. The molecule has 6 nitrogen and oxygen atoms in total. The van der Waals surface area contributed by atoms with E-state index in [4.69, 9.17) is 5.73 Å². The van der Waals surface area contributed by atoms with Crippen LogP contribution in [0.2, 0.25) is 0 Å². The quantitative estimate of drug-likeness (QED) is 0.846. The van der Waals surface area contributed by atoms with Crippen LogP contribution in [0.4, 0.5) is 5.82 Å². The van der Waals surface area contributed by atoms with E-state index in [9.17, 15) is 4.79 Å². The van der Waals surface area contributed by atoms with Crippen molar-refractivity contribution in [2.24, 2.45) is 0 Å². The lowest BCUT2D eigenvalue weighted by molar-refractivity contribution is 0.0596. The monoisotopic (exact) mass is 260 g/mol. The van der Waals surface area contributed by atoms with Gasteiger partial charge in [0.1, 0.15) is 11.6 Å². The molecule has 0 radical (unpaired) electrons. The van der Waals surface area contributed by atoms with Gasteiger partial charge in [-0.15, -0.1) is 0 Å². The summed E-state index contributed by atoms with van der Waals surface area (Å²) < 4.78 is 6.40. The molecule has 0 spiro atoms. The highest BCUT2D eigenvalue weighted by molar-refractivity contribution is 5.92. The molecule has 0 unspecified atom stereocenters. The molecule has 0 amide bonds. The number of nitrogens with zero attached hydrogens (tertiary/aromatic N) is 3. The van der Waals surface area contributed by atoms with Crippen LogP contribution in [-0.2, 0) is 11.2 Å². The molecule has 0 saturated carbocycles. The standard InChI is InChI=1S/C13H16N4O2/c1-4-10-16-11(13(18)19-3)12(14)17(10)9-6-5-8(2)15-7-9/h5-7H,4,14H2,1-3H3. The lowest BCUT2D eigenvalue weighted by Crippen LogP contribution is -2.08. The zero-order chi connectivity index (χ0) is 14.0. The van der Waals surface area contributed by atoms with Gasteiger partial charge in [-0.3, -0.25) is 9.55 Å². The summed E-state index contributed by atoms with van der Waals surface area (Å²) in [5.41, 5.74) is 7.83. The number of anilines is 1. The average molecular weight is 260 g/mol. The topological polar surface area (TPSA) is 83.0 Å². The Kier molecular flexibility index (Phi) is 3.50. The Bertz CT molecular complexity index is 602. The van der Waals surface area contributed by atoms with Crippen molar-refractivity contribution in [1.29, 1.82) is 0 Å². The second kappa shape index (κ2) is 5.09. The van der Waals surface area contributed by atoms with Crippen LogP contribution in [0.3, 0.4) is 0 Å². The summed E-state index contributed by atoms with van der Waals surface area (Å²) in [7, 11) is 1.31. The molecule has 2 rings (SSSR count). The van der Waals surface area contributed by atoms with E-state index in [-0.39, 0.29) is 11.5 Å². The summed E-state index contributed by atoms with van der Waals surface area (Å²) in [6.45, 7) is 3.85. The van der Waals surface area contributed by atoms with Crippen molar-refractivity contribution >= 4 is 11.8 Å². The predicted molar refractivity (Wildman–Crippen MR) is 71.2 cm³/mol. The predicted octanol–water partition coefficient (Wildman–Crippen LogP) is 1.51. The van der Waals surface area contributed by atoms with E-state index >= 15 is 0 Å². The van der Waals surface area contributed by atoms with Crippen molar-refractivity contribution in [3.8, 4) is 5.69 Å². The first kappa shape index (κ1) is 13.1. The van der Waals surface area contributed by atoms with Crippen molar-refractivity contribution < 1.29 is 9.53 Å². The maximum atomic E-state index is 11.6. The van der Waals surface area contributed by atoms with Gasteiger partial charge in [0.2, 0.25) is 0 Å². The number of pyridine rings is 1. The minimum Gasteiger partial charge on any atom is -0.464 e. The second-order valence-electron chi connectivity index (χ2n) is 4.10. The molecule has 0 fully saturated rings. The maximum Gasteiger partial charge on any atom is 0.360 e. The van der Waals surface area contributed by atoms with Gasteiger partial charge in [-0.2, -0.15) is 0 Å². The van der Waals surface area contributed by atoms with Crippen LogP contribution in [-0.4, -0.2) is 27.6 Å². The molecular formula is C13H16N4O2. The third-order valence-electron chi connectivity index (χ3n) is 2.83. The van der Waals surface area contributed by atoms with Crippen molar-refractivity contribution in [1.82, 2.24) is 14.5 Å². The largest absolute Gasteiger partial charge is 0.464 e. The fourth-order valence-electron chi connectivity index (χ4n) is 1.85. The van der Waals surface area contributed by atoms with Gasteiger partial charge in [0.05, 0.1) is 19.0 Å². The van der Waals surface area contributed by atoms with Crippen LogP contribution in [0.15, 0.2) is 18.3 Å². The first-order valence-electron chi connectivity index (χ1n) is 5.97. The third kappa shape index (κ3) is 2.29. The van der Waals surface area contributed by atoms with Crippen LogP contribution in [0, 0.1) is 6.92 Å². The number of nitrogens with two attached hydrogens (primary N) is 1. The molecule has 6 heteroatoms. The fourth-order valence-corrected chi connectivity index (χ4v) is 1.85. The normalized spacial score (nSPS) is 10.5. The zero-order valence-corrected chi connectivity index (χ0v) is 11.2. The Labute approximate surface area is 111 Å². The summed E-state index contributed by atoms with van der Waals surface area (Å²) >= 11 is 0. The average Bonchev–Trinajstić information content (AvgIpc) is 2.76. The number of methoxy groups -OCH3 is 1. The van der Waals surface area contributed by atoms with Gasteiger partial charge in [0.15, 0.2) is 5.69 Å². The SMILES string of the molecule is CCc1nc(C(=O)OC)c(N)n1-c1ccc(C)nc1. The smallest absolute Gasteiger partial charge is 0.360 e. The lowest BCUT2D eigenvalue weighted by atomic mass is 10.3. The number of carbonyl (C=O) groups is 1. The Morgan fingerprint density at radius 3 is 2.74 bits per heavy atom. The van der Waals surface area contributed by atoms with E-state index in [0.29, 0.717) is 12.2 Å². The number of esters is 1. The van der Waals surface area contributed by atoms with E-state index in [1.807, 2.05) is 26.0 Å². The Balaban J connectivity index is 2.59. The molecule has 0 aliphatic carbocycles. The van der Waals surface area contributed by atoms with Crippen LogP contribution >= 0.6 is 0 Å². The number of carbonyl (C=O) groups excluding carboxylic acids is 1. The van der Waals surface area contributed by atoms with Gasteiger partial charge in [-0.05, 0) is 19.1 Å². The van der Waals surface area contributed by atoms with E-state index in [1.54, 1.807) is 10.8 Å². The summed E-state index contributed by atoms with van der Waals surface area (Å²) in [5.74, 6) is 0.434.